The van der Waals surface area contributed by atoms with E-state index in [9.17, 15) is 26.3 Å². The molecule has 0 saturated carbocycles. The number of alkyl halides is 6. The summed E-state index contributed by atoms with van der Waals surface area (Å²) >= 11 is 6.33. The highest BCUT2D eigenvalue weighted by Crippen LogP contribution is 2.32. The van der Waals surface area contributed by atoms with Gasteiger partial charge in [0.25, 0.3) is 0 Å². The smallest absolute Gasteiger partial charge is 0.490 e. The number of hydrogen-bond acceptors (Lipinski definition) is 8. The van der Waals surface area contributed by atoms with Crippen LogP contribution < -0.4 is 15.4 Å². The summed E-state index contributed by atoms with van der Waals surface area (Å²) in [5.74, 6) is -3.75. The number of anilines is 4. The minimum absolute atomic E-state index is 0.433. The van der Waals surface area contributed by atoms with E-state index >= 15 is 0 Å². The first kappa shape index (κ1) is 34.4. The summed E-state index contributed by atoms with van der Waals surface area (Å²) in [5, 5.41) is 28.7. The zero-order valence-corrected chi connectivity index (χ0v) is 23.9. The molecular formula is C27H23ClF6N6O5. The van der Waals surface area contributed by atoms with Gasteiger partial charge in [0.1, 0.15) is 10.8 Å². The number of halogens is 7. The van der Waals surface area contributed by atoms with Gasteiger partial charge in [-0.1, -0.05) is 23.7 Å². The Balaban J connectivity index is 0.000000331. The second-order valence-electron chi connectivity index (χ2n) is 9.10. The number of aromatic nitrogens is 4. The molecule has 1 aliphatic rings. The van der Waals surface area contributed by atoms with Gasteiger partial charge in [0, 0.05) is 35.1 Å². The number of hydrogen-bond donors (Lipinski definition) is 5. The zero-order chi connectivity index (χ0) is 33.5. The van der Waals surface area contributed by atoms with E-state index < -0.39 is 24.3 Å². The first-order chi connectivity index (χ1) is 20.9. The third-order valence-corrected chi connectivity index (χ3v) is 5.93. The van der Waals surface area contributed by atoms with Crippen LogP contribution in [0.25, 0.3) is 11.1 Å². The van der Waals surface area contributed by atoms with Crippen molar-refractivity contribution in [1.29, 1.82) is 0 Å². The van der Waals surface area contributed by atoms with E-state index in [0.717, 1.165) is 51.6 Å². The molecule has 5 rings (SSSR count). The maximum atomic E-state index is 10.6. The Hall–Kier alpha value is -5.06. The Bertz CT molecular complexity index is 1640. The van der Waals surface area contributed by atoms with Crippen molar-refractivity contribution in [3.05, 3.63) is 70.6 Å². The highest BCUT2D eigenvalue weighted by Gasteiger charge is 2.38. The van der Waals surface area contributed by atoms with E-state index in [1.54, 1.807) is 6.20 Å². The highest BCUT2D eigenvalue weighted by atomic mass is 35.5. The summed E-state index contributed by atoms with van der Waals surface area (Å²) in [6, 6.07) is 14.1. The van der Waals surface area contributed by atoms with Crippen LogP contribution in [-0.2, 0) is 16.0 Å². The van der Waals surface area contributed by atoms with Crippen LogP contribution in [0.4, 0.5) is 49.5 Å². The molecule has 5 N–H and O–H groups in total. The maximum Gasteiger partial charge on any atom is 0.490 e. The van der Waals surface area contributed by atoms with Gasteiger partial charge in [-0.25, -0.2) is 14.6 Å². The molecule has 0 radical (unpaired) electrons. The van der Waals surface area contributed by atoms with E-state index in [2.05, 4.69) is 49.0 Å². The molecule has 0 saturated heterocycles. The van der Waals surface area contributed by atoms with Gasteiger partial charge >= 0.3 is 24.3 Å². The van der Waals surface area contributed by atoms with Crippen LogP contribution in [0.3, 0.4) is 0 Å². The fourth-order valence-corrected chi connectivity index (χ4v) is 3.90. The van der Waals surface area contributed by atoms with E-state index in [4.69, 9.17) is 36.1 Å². The molecule has 2 aromatic carbocycles. The van der Waals surface area contributed by atoms with Gasteiger partial charge in [0.05, 0.1) is 18.5 Å². The number of aromatic amines is 1. The number of rotatable bonds is 1. The van der Waals surface area contributed by atoms with Crippen molar-refractivity contribution in [2.75, 3.05) is 17.2 Å². The summed E-state index contributed by atoms with van der Waals surface area (Å²) < 4.78 is 69.5. The van der Waals surface area contributed by atoms with Crippen LogP contribution in [0.5, 0.6) is 5.75 Å². The molecule has 6 bridgehead atoms. The summed E-state index contributed by atoms with van der Waals surface area (Å²) in [4.78, 5) is 26.7. The summed E-state index contributed by atoms with van der Waals surface area (Å²) in [6.45, 7) is 4.58. The van der Waals surface area contributed by atoms with Gasteiger partial charge in [-0.2, -0.15) is 36.4 Å². The van der Waals surface area contributed by atoms with Gasteiger partial charge in [-0.05, 0) is 49.2 Å². The number of benzene rings is 2. The lowest BCUT2D eigenvalue weighted by molar-refractivity contribution is -0.193. The fraction of sp³-hybridized carbons (Fsp3) is 0.222. The van der Waals surface area contributed by atoms with Crippen LogP contribution in [0, 0.1) is 13.8 Å². The molecule has 0 aliphatic carbocycles. The molecule has 0 spiro atoms. The number of nitrogens with zero attached hydrogens (tertiary/aromatic N) is 3. The number of H-pyrrole nitrogens is 1. The molecule has 2 aromatic heterocycles. The molecule has 11 nitrogen and oxygen atoms in total. The van der Waals surface area contributed by atoms with Crippen LogP contribution in [0.15, 0.2) is 48.7 Å². The number of carbonyl (C=O) groups is 2. The lowest BCUT2D eigenvalue weighted by Crippen LogP contribution is -2.21. The molecule has 0 fully saturated rings. The first-order valence-corrected chi connectivity index (χ1v) is 12.9. The lowest BCUT2D eigenvalue weighted by atomic mass is 9.99. The largest absolute Gasteiger partial charge is 0.493 e. The number of nitrogens with one attached hydrogen (secondary N) is 3. The van der Waals surface area contributed by atoms with E-state index in [1.165, 1.54) is 0 Å². The first-order valence-electron chi connectivity index (χ1n) is 12.5. The van der Waals surface area contributed by atoms with Crippen molar-refractivity contribution < 1.29 is 50.9 Å². The Morgan fingerprint density at radius 2 is 1.58 bits per heavy atom. The molecule has 45 heavy (non-hydrogen) atoms. The van der Waals surface area contributed by atoms with Crippen molar-refractivity contribution >= 4 is 46.7 Å². The van der Waals surface area contributed by atoms with E-state index in [-0.39, 0.29) is 0 Å². The zero-order valence-electron chi connectivity index (χ0n) is 23.1. The number of carboxylic acid groups (broad SMARTS) is 2. The number of carboxylic acids is 2. The van der Waals surface area contributed by atoms with E-state index in [0.29, 0.717) is 23.4 Å². The molecule has 240 valence electrons. The van der Waals surface area contributed by atoms with Crippen LogP contribution >= 0.6 is 11.6 Å². The van der Waals surface area contributed by atoms with Crippen molar-refractivity contribution in [3.63, 3.8) is 0 Å². The predicted octanol–water partition coefficient (Wildman–Crippen LogP) is 6.83. The molecule has 1 aliphatic heterocycles. The van der Waals surface area contributed by atoms with Crippen LogP contribution in [-0.4, -0.2) is 61.3 Å². The molecule has 0 unspecified atom stereocenters. The number of aliphatic carboxylic acids is 2. The van der Waals surface area contributed by atoms with Gasteiger partial charge in [0.2, 0.25) is 5.95 Å². The number of aryl methyl sites for hydroxylation is 2. The average molecular weight is 661 g/mol. The third-order valence-electron chi connectivity index (χ3n) is 5.65. The maximum absolute atomic E-state index is 10.6. The average Bonchev–Trinajstić information content (AvgIpc) is 3.27. The minimum Gasteiger partial charge on any atom is -0.493 e. The molecule has 0 atom stereocenters. The topological polar surface area (TPSA) is 162 Å². The number of ether oxygens (including phenoxy) is 1. The lowest BCUT2D eigenvalue weighted by Gasteiger charge is -2.15. The van der Waals surface area contributed by atoms with Crippen molar-refractivity contribution in [3.8, 4) is 16.9 Å². The minimum atomic E-state index is -5.08. The Morgan fingerprint density at radius 3 is 2.16 bits per heavy atom. The fourth-order valence-electron chi connectivity index (χ4n) is 3.76. The summed E-state index contributed by atoms with van der Waals surface area (Å²) in [5.41, 5.74) is 7.02. The van der Waals surface area contributed by atoms with Crippen molar-refractivity contribution in [2.24, 2.45) is 0 Å². The third kappa shape index (κ3) is 9.99. The molecule has 0 amide bonds. The van der Waals surface area contributed by atoms with Gasteiger partial charge in [-0.15, -0.1) is 0 Å². The highest BCUT2D eigenvalue weighted by molar-refractivity contribution is 6.32. The Kier molecular flexibility index (Phi) is 10.8. The second-order valence-corrected chi connectivity index (χ2v) is 9.51. The van der Waals surface area contributed by atoms with Gasteiger partial charge < -0.3 is 25.6 Å². The molecule has 3 heterocycles. The normalized spacial score (nSPS) is 12.4. The van der Waals surface area contributed by atoms with Crippen LogP contribution in [0.2, 0.25) is 5.02 Å². The van der Waals surface area contributed by atoms with Gasteiger partial charge in [-0.3, -0.25) is 5.10 Å². The van der Waals surface area contributed by atoms with Crippen LogP contribution in [0.1, 0.15) is 17.0 Å². The molecule has 18 heteroatoms. The Morgan fingerprint density at radius 1 is 0.933 bits per heavy atom. The SMILES string of the molecule is Cc1n[nH]c(C)c1-c1cc2cc(c1)Nc1ncc(Cl)c(n1)Nc1cccc(c1)OCC2.O=C(O)C(F)(F)F.O=C(O)C(F)(F)F. The predicted molar refractivity (Wildman–Crippen MR) is 150 cm³/mol. The second kappa shape index (κ2) is 14.1. The Labute approximate surface area is 255 Å². The summed E-state index contributed by atoms with van der Waals surface area (Å²) in [6.07, 6.45) is -7.83. The van der Waals surface area contributed by atoms with E-state index in [1.807, 2.05) is 38.1 Å². The molecule has 4 aromatic rings. The standard InChI is InChI=1S/C23H21ClN6O.2C2HF3O2/c1-13-21(14(2)30-29-13)16-8-15-6-7-31-19-5-3-4-17(11-19)26-22-20(24)12-25-23(28-22)27-18(9-15)10-16;2*3-2(4,5)1(6)7/h3-5,8-12H,6-7H2,1-2H3,(H,29,30)(H2,25,26,27,28);2*(H,6,7). The molecular weight excluding hydrogens is 638 g/mol. The summed E-state index contributed by atoms with van der Waals surface area (Å²) in [7, 11) is 0. The van der Waals surface area contributed by atoms with Crippen molar-refractivity contribution in [2.45, 2.75) is 32.6 Å². The monoisotopic (exact) mass is 660 g/mol. The number of fused-ring (bicyclic) bond motifs is 6. The van der Waals surface area contributed by atoms with Crippen molar-refractivity contribution in [1.82, 2.24) is 20.2 Å². The quantitative estimate of drug-likeness (QED) is 0.137. The van der Waals surface area contributed by atoms with Gasteiger partial charge in [0.15, 0.2) is 5.82 Å².